The summed E-state index contributed by atoms with van der Waals surface area (Å²) in [5.41, 5.74) is 1.28. The normalized spacial score (nSPS) is 10.8. The van der Waals surface area contributed by atoms with Crippen LogP contribution in [-0.2, 0) is 4.79 Å². The van der Waals surface area contributed by atoms with E-state index in [1.165, 1.54) is 18.2 Å². The van der Waals surface area contributed by atoms with Crippen molar-refractivity contribution in [3.05, 3.63) is 88.5 Å². The number of rotatable bonds is 4. The molecule has 0 aliphatic carbocycles. The molecule has 0 atom stereocenters. The predicted octanol–water partition coefficient (Wildman–Crippen LogP) is 4.40. The maximum atomic E-state index is 12.0. The summed E-state index contributed by atoms with van der Waals surface area (Å²) >= 11 is 0. The molecule has 0 fully saturated rings. The van der Waals surface area contributed by atoms with Gasteiger partial charge in [0, 0.05) is 23.9 Å². The van der Waals surface area contributed by atoms with Gasteiger partial charge in [-0.3, -0.25) is 14.9 Å². The van der Waals surface area contributed by atoms with Gasteiger partial charge >= 0.3 is 0 Å². The topological polar surface area (TPSA) is 72.2 Å². The number of nitrogens with zero attached hydrogens (tertiary/aromatic N) is 1. The molecular formula is C19H14N2O3. The van der Waals surface area contributed by atoms with Gasteiger partial charge in [0.2, 0.25) is 5.91 Å². The van der Waals surface area contributed by atoms with Gasteiger partial charge in [-0.1, -0.05) is 42.5 Å². The summed E-state index contributed by atoms with van der Waals surface area (Å²) in [6, 6.07) is 19.7. The van der Waals surface area contributed by atoms with Crippen LogP contribution in [0.15, 0.2) is 72.8 Å². The van der Waals surface area contributed by atoms with E-state index in [4.69, 9.17) is 0 Å². The van der Waals surface area contributed by atoms with E-state index in [0.29, 0.717) is 11.3 Å². The first-order valence-electron chi connectivity index (χ1n) is 7.34. The minimum atomic E-state index is -0.466. The van der Waals surface area contributed by atoms with E-state index in [-0.39, 0.29) is 11.6 Å². The second-order valence-corrected chi connectivity index (χ2v) is 5.24. The summed E-state index contributed by atoms with van der Waals surface area (Å²) in [5.74, 6) is -0.295. The SMILES string of the molecule is O=C(C=Cc1cccc([N+](=O)[O-])c1)Nc1ccc2ccccc2c1. The predicted molar refractivity (Wildman–Crippen MR) is 94.7 cm³/mol. The molecule has 24 heavy (non-hydrogen) atoms. The molecular weight excluding hydrogens is 304 g/mol. The number of anilines is 1. The lowest BCUT2D eigenvalue weighted by Gasteiger charge is -2.04. The van der Waals surface area contributed by atoms with Crippen LogP contribution in [0.4, 0.5) is 11.4 Å². The van der Waals surface area contributed by atoms with Gasteiger partial charge in [0.05, 0.1) is 4.92 Å². The van der Waals surface area contributed by atoms with Crippen LogP contribution < -0.4 is 5.32 Å². The van der Waals surface area contributed by atoms with E-state index < -0.39 is 4.92 Å². The molecule has 5 nitrogen and oxygen atoms in total. The second-order valence-electron chi connectivity index (χ2n) is 5.24. The highest BCUT2D eigenvalue weighted by atomic mass is 16.6. The number of non-ortho nitro benzene ring substituents is 1. The molecule has 0 aliphatic rings. The first kappa shape index (κ1) is 15.4. The van der Waals surface area contributed by atoms with Crippen molar-refractivity contribution in [3.63, 3.8) is 0 Å². The number of carbonyl (C=O) groups excluding carboxylic acids is 1. The summed E-state index contributed by atoms with van der Waals surface area (Å²) in [6.07, 6.45) is 2.90. The number of nitrogens with one attached hydrogen (secondary N) is 1. The Kier molecular flexibility index (Phi) is 4.34. The largest absolute Gasteiger partial charge is 0.322 e. The van der Waals surface area contributed by atoms with Crippen LogP contribution in [0.2, 0.25) is 0 Å². The highest BCUT2D eigenvalue weighted by Crippen LogP contribution is 2.19. The van der Waals surface area contributed by atoms with E-state index in [1.54, 1.807) is 18.2 Å². The molecule has 0 unspecified atom stereocenters. The summed E-state index contributed by atoms with van der Waals surface area (Å²) in [5, 5.41) is 15.7. The third-order valence-electron chi connectivity index (χ3n) is 3.53. The van der Waals surface area contributed by atoms with Gasteiger partial charge in [0.15, 0.2) is 0 Å². The number of hydrogen-bond donors (Lipinski definition) is 1. The van der Waals surface area contributed by atoms with E-state index in [9.17, 15) is 14.9 Å². The average Bonchev–Trinajstić information content (AvgIpc) is 2.60. The first-order chi connectivity index (χ1) is 11.6. The van der Waals surface area contributed by atoms with Crippen molar-refractivity contribution in [2.45, 2.75) is 0 Å². The van der Waals surface area contributed by atoms with Crippen molar-refractivity contribution in [1.29, 1.82) is 0 Å². The van der Waals surface area contributed by atoms with Crippen LogP contribution in [0.3, 0.4) is 0 Å². The molecule has 118 valence electrons. The maximum absolute atomic E-state index is 12.0. The van der Waals surface area contributed by atoms with E-state index in [1.807, 2.05) is 42.5 Å². The number of fused-ring (bicyclic) bond motifs is 1. The van der Waals surface area contributed by atoms with Gasteiger partial charge in [-0.2, -0.15) is 0 Å². The molecule has 0 saturated heterocycles. The van der Waals surface area contributed by atoms with Gasteiger partial charge in [0.25, 0.3) is 5.69 Å². The Balaban J connectivity index is 1.72. The molecule has 0 saturated carbocycles. The van der Waals surface area contributed by atoms with E-state index >= 15 is 0 Å². The Morgan fingerprint density at radius 2 is 1.75 bits per heavy atom. The molecule has 1 amide bonds. The first-order valence-corrected chi connectivity index (χ1v) is 7.34. The number of amides is 1. The highest BCUT2D eigenvalue weighted by Gasteiger charge is 2.04. The van der Waals surface area contributed by atoms with Crippen molar-refractivity contribution >= 4 is 34.1 Å². The standard InChI is InChI=1S/C19H14N2O3/c22-19(11-8-14-4-3-7-18(12-14)21(23)24)20-17-10-9-15-5-1-2-6-16(15)13-17/h1-13H,(H,20,22). The number of nitro benzene ring substituents is 1. The fourth-order valence-corrected chi connectivity index (χ4v) is 2.36. The summed E-state index contributed by atoms with van der Waals surface area (Å²) in [4.78, 5) is 22.3. The summed E-state index contributed by atoms with van der Waals surface area (Å²) in [7, 11) is 0. The molecule has 3 aromatic rings. The number of carbonyl (C=O) groups is 1. The Hall–Kier alpha value is -3.47. The molecule has 0 heterocycles. The van der Waals surface area contributed by atoms with Crippen LogP contribution in [0.1, 0.15) is 5.56 Å². The Morgan fingerprint density at radius 1 is 0.958 bits per heavy atom. The van der Waals surface area contributed by atoms with Crippen molar-refractivity contribution in [2.75, 3.05) is 5.32 Å². The van der Waals surface area contributed by atoms with Gasteiger partial charge in [-0.05, 0) is 34.5 Å². The van der Waals surface area contributed by atoms with E-state index in [2.05, 4.69) is 5.32 Å². The van der Waals surface area contributed by atoms with Crippen LogP contribution in [0.25, 0.3) is 16.8 Å². The third-order valence-corrected chi connectivity index (χ3v) is 3.53. The molecule has 5 heteroatoms. The van der Waals surface area contributed by atoms with Crippen molar-refractivity contribution < 1.29 is 9.72 Å². The maximum Gasteiger partial charge on any atom is 0.270 e. The molecule has 1 N–H and O–H groups in total. The molecule has 0 aromatic heterocycles. The van der Waals surface area contributed by atoms with Gasteiger partial charge in [-0.25, -0.2) is 0 Å². The fourth-order valence-electron chi connectivity index (χ4n) is 2.36. The zero-order valence-electron chi connectivity index (χ0n) is 12.7. The second kappa shape index (κ2) is 6.75. The average molecular weight is 318 g/mol. The number of hydrogen-bond acceptors (Lipinski definition) is 3. The molecule has 0 aliphatic heterocycles. The summed E-state index contributed by atoms with van der Waals surface area (Å²) < 4.78 is 0. The summed E-state index contributed by atoms with van der Waals surface area (Å²) in [6.45, 7) is 0. The smallest absolute Gasteiger partial charge is 0.270 e. The molecule has 3 aromatic carbocycles. The van der Waals surface area contributed by atoms with Crippen molar-refractivity contribution in [1.82, 2.24) is 0 Å². The molecule has 0 spiro atoms. The van der Waals surface area contributed by atoms with Crippen molar-refractivity contribution in [2.24, 2.45) is 0 Å². The lowest BCUT2D eigenvalue weighted by molar-refractivity contribution is -0.384. The van der Waals surface area contributed by atoms with Crippen molar-refractivity contribution in [3.8, 4) is 0 Å². The van der Waals surface area contributed by atoms with Gasteiger partial charge < -0.3 is 5.32 Å². The van der Waals surface area contributed by atoms with Gasteiger partial charge in [0.1, 0.15) is 0 Å². The number of benzene rings is 3. The lowest BCUT2D eigenvalue weighted by Crippen LogP contribution is -2.07. The fraction of sp³-hybridized carbons (Fsp3) is 0. The Morgan fingerprint density at radius 3 is 2.54 bits per heavy atom. The molecule has 0 radical (unpaired) electrons. The molecule has 0 bridgehead atoms. The monoisotopic (exact) mass is 318 g/mol. The third kappa shape index (κ3) is 3.64. The number of nitro groups is 1. The van der Waals surface area contributed by atoms with Crippen LogP contribution in [0.5, 0.6) is 0 Å². The Labute approximate surface area is 138 Å². The van der Waals surface area contributed by atoms with Crippen LogP contribution in [0, 0.1) is 10.1 Å². The zero-order valence-corrected chi connectivity index (χ0v) is 12.7. The van der Waals surface area contributed by atoms with Crippen LogP contribution in [-0.4, -0.2) is 10.8 Å². The zero-order chi connectivity index (χ0) is 16.9. The highest BCUT2D eigenvalue weighted by molar-refractivity contribution is 6.03. The molecule has 3 rings (SSSR count). The van der Waals surface area contributed by atoms with Gasteiger partial charge in [-0.15, -0.1) is 0 Å². The lowest BCUT2D eigenvalue weighted by atomic mass is 10.1. The minimum Gasteiger partial charge on any atom is -0.322 e. The Bertz CT molecular complexity index is 948. The van der Waals surface area contributed by atoms with E-state index in [0.717, 1.165) is 10.8 Å². The minimum absolute atomic E-state index is 0.00733. The van der Waals surface area contributed by atoms with Crippen LogP contribution >= 0.6 is 0 Å². The quantitative estimate of drug-likeness (QED) is 0.440.